The lowest BCUT2D eigenvalue weighted by molar-refractivity contribution is -0.128. The lowest BCUT2D eigenvalue weighted by Gasteiger charge is -2.09. The highest BCUT2D eigenvalue weighted by Gasteiger charge is 2.07. The number of nitriles is 2. The van der Waals surface area contributed by atoms with Crippen LogP contribution in [0.4, 0.5) is 0 Å². The standard InChI is InChI=1S/C27H22N4O5/c1-34-25-16-19(4-12-24(25)35-15-14-28)5-13-26(32)30-31-27(33)18-36-23-10-8-22(9-11-23)21-6-2-20(17-29)3-7-21/h2-13,16H,15,18H2,1H3,(H,30,32)(H,31,33)/b13-5+. The van der Waals surface area contributed by atoms with Crippen molar-refractivity contribution in [1.82, 2.24) is 10.9 Å². The van der Waals surface area contributed by atoms with Crippen molar-refractivity contribution in [3.8, 4) is 40.5 Å². The Kier molecular flexibility index (Phi) is 9.03. The maximum absolute atomic E-state index is 12.0. The van der Waals surface area contributed by atoms with Crippen LogP contribution < -0.4 is 25.1 Å². The zero-order valence-corrected chi connectivity index (χ0v) is 19.4. The fourth-order valence-corrected chi connectivity index (χ4v) is 3.03. The van der Waals surface area contributed by atoms with E-state index in [4.69, 9.17) is 24.7 Å². The van der Waals surface area contributed by atoms with Gasteiger partial charge in [-0.2, -0.15) is 10.5 Å². The van der Waals surface area contributed by atoms with Crippen molar-refractivity contribution in [2.45, 2.75) is 0 Å². The molecule has 180 valence electrons. The Bertz CT molecular complexity index is 1320. The van der Waals surface area contributed by atoms with E-state index in [1.807, 2.05) is 30.3 Å². The Balaban J connectivity index is 1.44. The minimum atomic E-state index is -0.543. The molecule has 2 N–H and O–H groups in total. The molecule has 0 atom stereocenters. The monoisotopic (exact) mass is 482 g/mol. The molecule has 9 nitrogen and oxygen atoms in total. The first-order valence-corrected chi connectivity index (χ1v) is 10.7. The number of ether oxygens (including phenoxy) is 3. The number of hydrogen-bond acceptors (Lipinski definition) is 7. The number of carbonyl (C=O) groups excluding carboxylic acids is 2. The van der Waals surface area contributed by atoms with Gasteiger partial charge in [0.25, 0.3) is 11.8 Å². The summed E-state index contributed by atoms with van der Waals surface area (Å²) in [5, 5.41) is 17.5. The minimum absolute atomic E-state index is 0.110. The number of benzene rings is 3. The van der Waals surface area contributed by atoms with Crippen LogP contribution in [0, 0.1) is 22.7 Å². The summed E-state index contributed by atoms with van der Waals surface area (Å²) in [5.74, 6) is 0.248. The Labute approximate surface area is 208 Å². The molecule has 9 heteroatoms. The summed E-state index contributed by atoms with van der Waals surface area (Å²) >= 11 is 0. The predicted octanol–water partition coefficient (Wildman–Crippen LogP) is 3.38. The van der Waals surface area contributed by atoms with E-state index in [1.165, 1.54) is 19.3 Å². The molecule has 0 aliphatic rings. The number of methoxy groups -OCH3 is 1. The molecule has 3 aromatic rings. The van der Waals surface area contributed by atoms with Crippen molar-refractivity contribution in [2.24, 2.45) is 0 Å². The van der Waals surface area contributed by atoms with Crippen molar-refractivity contribution in [3.05, 3.63) is 83.9 Å². The fraction of sp³-hybridized carbons (Fsp3) is 0.111. The molecule has 0 radical (unpaired) electrons. The molecule has 0 heterocycles. The third kappa shape index (κ3) is 7.37. The zero-order valence-electron chi connectivity index (χ0n) is 19.4. The van der Waals surface area contributed by atoms with E-state index in [0.29, 0.717) is 28.4 Å². The summed E-state index contributed by atoms with van der Waals surface area (Å²) in [4.78, 5) is 24.0. The van der Waals surface area contributed by atoms with Crippen LogP contribution in [0.1, 0.15) is 11.1 Å². The van der Waals surface area contributed by atoms with Crippen molar-refractivity contribution < 1.29 is 23.8 Å². The van der Waals surface area contributed by atoms with Gasteiger partial charge in [0.15, 0.2) is 24.7 Å². The lowest BCUT2D eigenvalue weighted by atomic mass is 10.0. The molecule has 0 unspecified atom stereocenters. The predicted molar refractivity (Wildman–Crippen MR) is 132 cm³/mol. The number of carbonyl (C=O) groups is 2. The van der Waals surface area contributed by atoms with Gasteiger partial charge < -0.3 is 14.2 Å². The van der Waals surface area contributed by atoms with Crippen LogP contribution in [0.5, 0.6) is 17.2 Å². The van der Waals surface area contributed by atoms with E-state index in [0.717, 1.165) is 11.1 Å². The third-order valence-electron chi connectivity index (χ3n) is 4.80. The molecular formula is C27H22N4O5. The Morgan fingerprint density at radius 3 is 2.22 bits per heavy atom. The Morgan fingerprint density at radius 1 is 0.889 bits per heavy atom. The van der Waals surface area contributed by atoms with Gasteiger partial charge in [-0.15, -0.1) is 0 Å². The number of hydrazine groups is 1. The zero-order chi connectivity index (χ0) is 25.8. The Hall–Kier alpha value is -5.28. The van der Waals surface area contributed by atoms with Crippen LogP contribution in [-0.4, -0.2) is 32.1 Å². The van der Waals surface area contributed by atoms with Gasteiger partial charge in [-0.3, -0.25) is 20.4 Å². The molecule has 2 amide bonds. The molecule has 0 spiro atoms. The number of amides is 2. The molecule has 0 aromatic heterocycles. The van der Waals surface area contributed by atoms with Gasteiger partial charge in [-0.25, -0.2) is 0 Å². The molecule has 0 fully saturated rings. The van der Waals surface area contributed by atoms with E-state index in [2.05, 4.69) is 16.9 Å². The van der Waals surface area contributed by atoms with E-state index in [-0.39, 0.29) is 13.2 Å². The summed E-state index contributed by atoms with van der Waals surface area (Å²) in [5.41, 5.74) is 7.69. The topological polar surface area (TPSA) is 133 Å². The molecule has 0 bridgehead atoms. The van der Waals surface area contributed by atoms with Crippen molar-refractivity contribution in [2.75, 3.05) is 20.3 Å². The number of hydrogen-bond donors (Lipinski definition) is 2. The van der Waals surface area contributed by atoms with Gasteiger partial charge >= 0.3 is 0 Å². The van der Waals surface area contributed by atoms with E-state index < -0.39 is 11.8 Å². The van der Waals surface area contributed by atoms with E-state index in [9.17, 15) is 9.59 Å². The largest absolute Gasteiger partial charge is 0.493 e. The third-order valence-corrected chi connectivity index (χ3v) is 4.80. The first-order chi connectivity index (χ1) is 17.5. The summed E-state index contributed by atoms with van der Waals surface area (Å²) < 4.78 is 15.9. The van der Waals surface area contributed by atoms with Crippen LogP contribution in [0.15, 0.2) is 72.8 Å². The molecule has 3 rings (SSSR count). The lowest BCUT2D eigenvalue weighted by Crippen LogP contribution is -2.43. The van der Waals surface area contributed by atoms with Crippen LogP contribution in [0.25, 0.3) is 17.2 Å². The van der Waals surface area contributed by atoms with Crippen LogP contribution in [0.2, 0.25) is 0 Å². The molecule has 3 aromatic carbocycles. The van der Waals surface area contributed by atoms with E-state index in [1.54, 1.807) is 42.5 Å². The number of rotatable bonds is 9. The quantitative estimate of drug-likeness (QED) is 0.353. The maximum Gasteiger partial charge on any atom is 0.276 e. The first-order valence-electron chi connectivity index (χ1n) is 10.7. The highest BCUT2D eigenvalue weighted by Crippen LogP contribution is 2.28. The number of nitrogens with one attached hydrogen (secondary N) is 2. The van der Waals surface area contributed by atoms with Gasteiger partial charge in [0.1, 0.15) is 11.8 Å². The normalized spacial score (nSPS) is 10.1. The highest BCUT2D eigenvalue weighted by atomic mass is 16.5. The molecule has 0 aliphatic carbocycles. The average Bonchev–Trinajstić information content (AvgIpc) is 2.93. The van der Waals surface area contributed by atoms with Crippen molar-refractivity contribution in [3.63, 3.8) is 0 Å². The molecule has 0 saturated carbocycles. The minimum Gasteiger partial charge on any atom is -0.493 e. The van der Waals surface area contributed by atoms with Crippen molar-refractivity contribution in [1.29, 1.82) is 10.5 Å². The summed E-state index contributed by atoms with van der Waals surface area (Å²) in [6.07, 6.45) is 2.78. The van der Waals surface area contributed by atoms with Gasteiger partial charge in [0, 0.05) is 6.08 Å². The molecule has 36 heavy (non-hydrogen) atoms. The SMILES string of the molecule is COc1cc(/C=C/C(=O)NNC(=O)COc2ccc(-c3ccc(C#N)cc3)cc2)ccc1OCC#N. The Morgan fingerprint density at radius 2 is 1.58 bits per heavy atom. The maximum atomic E-state index is 12.0. The van der Waals surface area contributed by atoms with Crippen LogP contribution in [0.3, 0.4) is 0 Å². The molecule has 0 aliphatic heterocycles. The second-order valence-electron chi connectivity index (χ2n) is 7.23. The van der Waals surface area contributed by atoms with Gasteiger partial charge in [0.2, 0.25) is 0 Å². The van der Waals surface area contributed by atoms with Gasteiger partial charge in [0.05, 0.1) is 18.7 Å². The van der Waals surface area contributed by atoms with Crippen molar-refractivity contribution >= 4 is 17.9 Å². The molecular weight excluding hydrogens is 460 g/mol. The average molecular weight is 482 g/mol. The highest BCUT2D eigenvalue weighted by molar-refractivity contribution is 5.93. The summed E-state index contributed by atoms with van der Waals surface area (Å²) in [7, 11) is 1.47. The number of nitrogens with zero attached hydrogens (tertiary/aromatic N) is 2. The van der Waals surface area contributed by atoms with E-state index >= 15 is 0 Å². The van der Waals surface area contributed by atoms with Crippen LogP contribution >= 0.6 is 0 Å². The fourth-order valence-electron chi connectivity index (χ4n) is 3.03. The smallest absolute Gasteiger partial charge is 0.276 e. The summed E-state index contributed by atoms with van der Waals surface area (Å²) in [6, 6.07) is 23.3. The van der Waals surface area contributed by atoms with Gasteiger partial charge in [-0.1, -0.05) is 30.3 Å². The summed E-state index contributed by atoms with van der Waals surface area (Å²) in [6.45, 7) is -0.400. The van der Waals surface area contributed by atoms with Crippen LogP contribution in [-0.2, 0) is 9.59 Å². The van der Waals surface area contributed by atoms with Gasteiger partial charge in [-0.05, 0) is 59.2 Å². The second-order valence-corrected chi connectivity index (χ2v) is 7.23. The first kappa shape index (κ1) is 25.3. The molecule has 0 saturated heterocycles. The second kappa shape index (κ2) is 12.8.